The van der Waals surface area contributed by atoms with Crippen LogP contribution in [0.15, 0.2) is 24.3 Å². The van der Waals surface area contributed by atoms with Gasteiger partial charge in [-0.1, -0.05) is 18.2 Å². The van der Waals surface area contributed by atoms with E-state index in [0.717, 1.165) is 13.0 Å². The minimum absolute atomic E-state index is 0.312. The predicted octanol–water partition coefficient (Wildman–Crippen LogP) is 0.754. The molecule has 1 aromatic rings. The van der Waals surface area contributed by atoms with E-state index in [0.29, 0.717) is 30.6 Å². The first kappa shape index (κ1) is 12.0. The van der Waals surface area contributed by atoms with Crippen LogP contribution in [0.3, 0.4) is 0 Å². The maximum absolute atomic E-state index is 11.4. The third kappa shape index (κ3) is 2.52. The largest absolute Gasteiger partial charge is 0.380 e. The standard InChI is InChI=1S/C13H18N2O2S/c16-18(17)7-5-15(6-8-18)10-12-9-11-3-1-2-4-13(11)14-12/h1-4,12,14H,5-10H2. The number of hydrogen-bond donors (Lipinski definition) is 1. The van der Waals surface area contributed by atoms with Crippen LogP contribution < -0.4 is 5.32 Å². The van der Waals surface area contributed by atoms with Crippen molar-refractivity contribution in [3.8, 4) is 0 Å². The molecule has 3 rings (SSSR count). The van der Waals surface area contributed by atoms with Crippen molar-refractivity contribution >= 4 is 15.5 Å². The Balaban J connectivity index is 1.57. The molecule has 98 valence electrons. The van der Waals surface area contributed by atoms with Gasteiger partial charge in [0.25, 0.3) is 0 Å². The SMILES string of the molecule is O=S1(=O)CCN(CC2Cc3ccccc3N2)CC1. The van der Waals surface area contributed by atoms with Gasteiger partial charge in [0.2, 0.25) is 0 Å². The zero-order valence-electron chi connectivity index (χ0n) is 10.3. The number of nitrogens with one attached hydrogen (secondary N) is 1. The minimum atomic E-state index is -2.76. The van der Waals surface area contributed by atoms with E-state index in [9.17, 15) is 8.42 Å². The Labute approximate surface area is 108 Å². The molecule has 18 heavy (non-hydrogen) atoms. The Morgan fingerprint density at radius 3 is 2.67 bits per heavy atom. The molecule has 2 aliphatic rings. The second kappa shape index (κ2) is 4.55. The highest BCUT2D eigenvalue weighted by Gasteiger charge is 2.26. The van der Waals surface area contributed by atoms with Gasteiger partial charge in [-0.2, -0.15) is 0 Å². The average molecular weight is 266 g/mol. The van der Waals surface area contributed by atoms with Crippen LogP contribution in [0.5, 0.6) is 0 Å². The Morgan fingerprint density at radius 2 is 1.94 bits per heavy atom. The second-order valence-electron chi connectivity index (χ2n) is 5.15. The molecule has 0 saturated carbocycles. The fraction of sp³-hybridized carbons (Fsp3) is 0.538. The van der Waals surface area contributed by atoms with Crippen molar-refractivity contribution in [2.45, 2.75) is 12.5 Å². The van der Waals surface area contributed by atoms with Crippen LogP contribution in [-0.4, -0.2) is 50.5 Å². The smallest absolute Gasteiger partial charge is 0.152 e. The maximum Gasteiger partial charge on any atom is 0.152 e. The van der Waals surface area contributed by atoms with Crippen LogP contribution in [0.1, 0.15) is 5.56 Å². The van der Waals surface area contributed by atoms with Gasteiger partial charge in [0.15, 0.2) is 9.84 Å². The lowest BCUT2D eigenvalue weighted by molar-refractivity contribution is 0.284. The minimum Gasteiger partial charge on any atom is -0.380 e. The summed E-state index contributed by atoms with van der Waals surface area (Å²) in [6, 6.07) is 8.79. The lowest BCUT2D eigenvalue weighted by Crippen LogP contribution is -2.45. The fourth-order valence-electron chi connectivity index (χ4n) is 2.73. The number of anilines is 1. The molecule has 1 atom stereocenters. The van der Waals surface area contributed by atoms with Gasteiger partial charge in [0.05, 0.1) is 11.5 Å². The summed E-state index contributed by atoms with van der Waals surface area (Å²) >= 11 is 0. The Morgan fingerprint density at radius 1 is 1.22 bits per heavy atom. The summed E-state index contributed by atoms with van der Waals surface area (Å²) in [6.07, 6.45) is 1.04. The summed E-state index contributed by atoms with van der Waals surface area (Å²) in [7, 11) is -2.76. The third-order valence-electron chi connectivity index (χ3n) is 3.76. The van der Waals surface area contributed by atoms with Gasteiger partial charge < -0.3 is 5.32 Å². The molecule has 1 saturated heterocycles. The topological polar surface area (TPSA) is 49.4 Å². The highest BCUT2D eigenvalue weighted by molar-refractivity contribution is 7.91. The van der Waals surface area contributed by atoms with E-state index >= 15 is 0 Å². The molecule has 5 heteroatoms. The predicted molar refractivity (Wildman–Crippen MR) is 72.7 cm³/mol. The van der Waals surface area contributed by atoms with Crippen molar-refractivity contribution in [3.63, 3.8) is 0 Å². The first-order valence-electron chi connectivity index (χ1n) is 6.40. The van der Waals surface area contributed by atoms with Crippen molar-refractivity contribution in [2.24, 2.45) is 0 Å². The van der Waals surface area contributed by atoms with Gasteiger partial charge in [-0.15, -0.1) is 0 Å². The number of rotatable bonds is 2. The molecule has 0 radical (unpaired) electrons. The number of fused-ring (bicyclic) bond motifs is 1. The Hall–Kier alpha value is -1.07. The molecule has 0 bridgehead atoms. The Kier molecular flexibility index (Phi) is 3.03. The summed E-state index contributed by atoms with van der Waals surface area (Å²) in [6.45, 7) is 2.29. The van der Waals surface area contributed by atoms with Crippen molar-refractivity contribution in [3.05, 3.63) is 29.8 Å². The average Bonchev–Trinajstić information content (AvgIpc) is 2.74. The van der Waals surface area contributed by atoms with Crippen LogP contribution in [0.25, 0.3) is 0 Å². The summed E-state index contributed by atoms with van der Waals surface area (Å²) in [5, 5.41) is 3.51. The Bertz CT molecular complexity index is 503. The van der Waals surface area contributed by atoms with Gasteiger partial charge in [0.1, 0.15) is 0 Å². The van der Waals surface area contributed by atoms with Gasteiger partial charge >= 0.3 is 0 Å². The monoisotopic (exact) mass is 266 g/mol. The fourth-order valence-corrected chi connectivity index (χ4v) is 4.01. The van der Waals surface area contributed by atoms with Crippen LogP contribution in [0, 0.1) is 0 Å². The number of benzene rings is 1. The van der Waals surface area contributed by atoms with E-state index < -0.39 is 9.84 Å². The quantitative estimate of drug-likeness (QED) is 0.858. The van der Waals surface area contributed by atoms with Gasteiger partial charge in [0, 0.05) is 31.4 Å². The molecule has 2 aliphatic heterocycles. The molecule has 0 aromatic heterocycles. The van der Waals surface area contributed by atoms with Crippen molar-refractivity contribution in [1.82, 2.24) is 4.90 Å². The highest BCUT2D eigenvalue weighted by Crippen LogP contribution is 2.25. The summed E-state index contributed by atoms with van der Waals surface area (Å²) < 4.78 is 22.7. The molecular weight excluding hydrogens is 248 g/mol. The van der Waals surface area contributed by atoms with Gasteiger partial charge in [-0.05, 0) is 18.1 Å². The molecule has 0 spiro atoms. The lowest BCUT2D eigenvalue weighted by atomic mass is 10.1. The van der Waals surface area contributed by atoms with E-state index in [1.54, 1.807) is 0 Å². The molecule has 1 unspecified atom stereocenters. The maximum atomic E-state index is 11.4. The molecule has 0 amide bonds. The van der Waals surface area contributed by atoms with E-state index in [2.05, 4.69) is 28.4 Å². The summed E-state index contributed by atoms with van der Waals surface area (Å²) in [4.78, 5) is 2.25. The van der Waals surface area contributed by atoms with Gasteiger partial charge in [-0.25, -0.2) is 8.42 Å². The number of hydrogen-bond acceptors (Lipinski definition) is 4. The van der Waals surface area contributed by atoms with Crippen LogP contribution in [0.2, 0.25) is 0 Å². The van der Waals surface area contributed by atoms with E-state index in [-0.39, 0.29) is 0 Å². The van der Waals surface area contributed by atoms with E-state index in [4.69, 9.17) is 0 Å². The number of sulfone groups is 1. The number of nitrogens with zero attached hydrogens (tertiary/aromatic N) is 1. The first-order valence-corrected chi connectivity index (χ1v) is 8.22. The molecular formula is C13H18N2O2S. The van der Waals surface area contributed by atoms with Crippen LogP contribution in [0.4, 0.5) is 5.69 Å². The lowest BCUT2D eigenvalue weighted by Gasteiger charge is -2.29. The van der Waals surface area contributed by atoms with Crippen LogP contribution >= 0.6 is 0 Å². The molecule has 1 aromatic carbocycles. The summed E-state index contributed by atoms with van der Waals surface area (Å²) in [5.74, 6) is 0.624. The normalized spacial score (nSPS) is 26.6. The van der Waals surface area contributed by atoms with E-state index in [1.165, 1.54) is 11.3 Å². The molecule has 1 N–H and O–H groups in total. The molecule has 0 aliphatic carbocycles. The van der Waals surface area contributed by atoms with Crippen molar-refractivity contribution < 1.29 is 8.42 Å². The first-order chi connectivity index (χ1) is 8.62. The third-order valence-corrected chi connectivity index (χ3v) is 5.37. The van der Waals surface area contributed by atoms with Crippen molar-refractivity contribution in [2.75, 3.05) is 36.5 Å². The highest BCUT2D eigenvalue weighted by atomic mass is 32.2. The van der Waals surface area contributed by atoms with Gasteiger partial charge in [-0.3, -0.25) is 4.90 Å². The zero-order valence-corrected chi connectivity index (χ0v) is 11.1. The number of para-hydroxylation sites is 1. The zero-order chi connectivity index (χ0) is 12.6. The summed E-state index contributed by atoms with van der Waals surface area (Å²) in [5.41, 5.74) is 2.60. The van der Waals surface area contributed by atoms with Crippen molar-refractivity contribution in [1.29, 1.82) is 0 Å². The molecule has 2 heterocycles. The van der Waals surface area contributed by atoms with Crippen LogP contribution in [-0.2, 0) is 16.3 Å². The molecule has 4 nitrogen and oxygen atoms in total. The second-order valence-corrected chi connectivity index (χ2v) is 7.46. The van der Waals surface area contributed by atoms with E-state index in [1.807, 2.05) is 6.07 Å². The molecule has 1 fully saturated rings.